The number of nitrogens with zero attached hydrogens (tertiary/aromatic N) is 3. The van der Waals surface area contributed by atoms with Crippen molar-refractivity contribution in [1.29, 1.82) is 0 Å². The smallest absolute Gasteiger partial charge is 0.341 e. The van der Waals surface area contributed by atoms with Crippen LogP contribution in [-0.4, -0.2) is 76.9 Å². The van der Waals surface area contributed by atoms with Crippen molar-refractivity contribution in [3.05, 3.63) is 59.6 Å². The molecule has 0 spiro atoms. The number of amidine groups is 1. The summed E-state index contributed by atoms with van der Waals surface area (Å²) in [5.41, 5.74) is 3.47. The van der Waals surface area contributed by atoms with Crippen molar-refractivity contribution >= 4 is 17.6 Å². The van der Waals surface area contributed by atoms with Gasteiger partial charge in [-0.15, -0.1) is 0 Å². The Bertz CT molecular complexity index is 1120. The van der Waals surface area contributed by atoms with E-state index < -0.39 is 18.6 Å². The van der Waals surface area contributed by atoms with Crippen molar-refractivity contribution < 1.29 is 19.7 Å². The predicted octanol–water partition coefficient (Wildman–Crippen LogP) is 2.39. The van der Waals surface area contributed by atoms with Gasteiger partial charge in [0.15, 0.2) is 12.5 Å². The second kappa shape index (κ2) is 12.1. The van der Waals surface area contributed by atoms with Crippen LogP contribution in [0.1, 0.15) is 50.3 Å². The molecule has 38 heavy (non-hydrogen) atoms. The van der Waals surface area contributed by atoms with Gasteiger partial charge in [0.05, 0.1) is 0 Å². The number of nitrogens with one attached hydrogen (secondary N) is 4. The SMILES string of the molecule is C=C(N[C@@H](CNC1=C(C)C(N2CCC(c3ccc4c(n3)NCCC4)CC2)=NC(C)N1)C(=C)O)OCC(=O)O. The Morgan fingerprint density at radius 3 is 2.76 bits per heavy atom. The van der Waals surface area contributed by atoms with E-state index in [0.29, 0.717) is 5.92 Å². The van der Waals surface area contributed by atoms with Gasteiger partial charge in [-0.25, -0.2) is 14.8 Å². The topological polar surface area (TPSA) is 143 Å². The molecule has 11 nitrogen and oxygen atoms in total. The second-order valence-electron chi connectivity index (χ2n) is 9.98. The first-order valence-corrected chi connectivity index (χ1v) is 13.2. The zero-order valence-electron chi connectivity index (χ0n) is 22.2. The molecule has 2 atom stereocenters. The molecule has 206 valence electrons. The van der Waals surface area contributed by atoms with Gasteiger partial charge >= 0.3 is 5.97 Å². The molecule has 0 aliphatic carbocycles. The summed E-state index contributed by atoms with van der Waals surface area (Å²) in [6.07, 6.45) is 4.15. The van der Waals surface area contributed by atoms with Crippen LogP contribution in [0.3, 0.4) is 0 Å². The average Bonchev–Trinajstić information content (AvgIpc) is 2.91. The summed E-state index contributed by atoms with van der Waals surface area (Å²) >= 11 is 0. The van der Waals surface area contributed by atoms with Gasteiger partial charge < -0.3 is 41.1 Å². The molecule has 0 radical (unpaired) electrons. The molecular formula is C27H39N7O4. The number of carboxylic acid groups (broad SMARTS) is 1. The van der Waals surface area contributed by atoms with Gasteiger partial charge in [-0.2, -0.15) is 0 Å². The Labute approximate surface area is 223 Å². The largest absolute Gasteiger partial charge is 0.511 e. The zero-order chi connectivity index (χ0) is 27.2. The van der Waals surface area contributed by atoms with E-state index in [1.165, 1.54) is 11.3 Å². The highest BCUT2D eigenvalue weighted by Crippen LogP contribution is 2.31. The number of ether oxygens (including phenoxy) is 1. The van der Waals surface area contributed by atoms with E-state index >= 15 is 0 Å². The van der Waals surface area contributed by atoms with E-state index in [9.17, 15) is 9.90 Å². The Hall–Kier alpha value is -3.89. The molecule has 1 saturated heterocycles. The number of anilines is 1. The van der Waals surface area contributed by atoms with E-state index in [-0.39, 0.29) is 24.4 Å². The second-order valence-corrected chi connectivity index (χ2v) is 9.98. The lowest BCUT2D eigenvalue weighted by molar-refractivity contribution is -0.141. The van der Waals surface area contributed by atoms with Crippen LogP contribution in [0.25, 0.3) is 0 Å². The van der Waals surface area contributed by atoms with Crippen molar-refractivity contribution in [2.24, 2.45) is 4.99 Å². The highest BCUT2D eigenvalue weighted by molar-refractivity contribution is 5.99. The Morgan fingerprint density at radius 2 is 2.05 bits per heavy atom. The quantitative estimate of drug-likeness (QED) is 0.252. The first-order chi connectivity index (χ1) is 18.2. The standard InChI is InChI=1S/C27H39N7O4/c1-16-25(29-14-23(17(2)35)32-19(4)38-15-24(36)37)30-18(3)31-27(16)34-12-9-20(10-13-34)22-8-7-21-6-5-11-28-26(21)33-22/h7-8,18,20,23,29-30,32,35H,2,4-6,9-15H2,1,3H3,(H,28,33)(H,36,37)/t18?,23-/m0/s1. The fourth-order valence-electron chi connectivity index (χ4n) is 5.04. The molecule has 3 aliphatic heterocycles. The maximum atomic E-state index is 10.7. The number of aromatic nitrogens is 1. The lowest BCUT2D eigenvalue weighted by Crippen LogP contribution is -2.48. The third-order valence-corrected chi connectivity index (χ3v) is 7.10. The molecule has 11 heteroatoms. The Kier molecular flexibility index (Phi) is 8.65. The summed E-state index contributed by atoms with van der Waals surface area (Å²) in [6.45, 7) is 13.8. The number of pyridine rings is 1. The minimum atomic E-state index is -1.11. The number of aliphatic carboxylic acids is 1. The van der Waals surface area contributed by atoms with Crippen molar-refractivity contribution in [2.75, 3.05) is 38.1 Å². The van der Waals surface area contributed by atoms with Gasteiger partial charge in [-0.1, -0.05) is 12.6 Å². The lowest BCUT2D eigenvalue weighted by Gasteiger charge is -2.37. The maximum Gasteiger partial charge on any atom is 0.341 e. The normalized spacial score (nSPS) is 20.3. The number of likely N-dealkylation sites (tertiary alicyclic amines) is 1. The monoisotopic (exact) mass is 525 g/mol. The van der Waals surface area contributed by atoms with Gasteiger partial charge in [0.25, 0.3) is 0 Å². The molecule has 0 bridgehead atoms. The van der Waals surface area contributed by atoms with Crippen LogP contribution < -0.4 is 21.3 Å². The Balaban J connectivity index is 1.36. The van der Waals surface area contributed by atoms with Gasteiger partial charge in [0.2, 0.25) is 0 Å². The van der Waals surface area contributed by atoms with Crippen LogP contribution in [0.4, 0.5) is 5.82 Å². The maximum absolute atomic E-state index is 10.7. The molecule has 1 fully saturated rings. The fraction of sp³-hybridized carbons (Fsp3) is 0.519. The number of aliphatic imine (C=N–C) groups is 1. The van der Waals surface area contributed by atoms with Crippen LogP contribution in [0, 0.1) is 0 Å². The van der Waals surface area contributed by atoms with Crippen LogP contribution >= 0.6 is 0 Å². The molecule has 1 aromatic rings. The number of aliphatic hydroxyl groups excluding tert-OH is 1. The van der Waals surface area contributed by atoms with E-state index in [4.69, 9.17) is 19.8 Å². The molecule has 4 rings (SSSR count). The number of piperidine rings is 1. The fourth-order valence-corrected chi connectivity index (χ4v) is 5.04. The zero-order valence-corrected chi connectivity index (χ0v) is 22.2. The number of rotatable bonds is 10. The van der Waals surface area contributed by atoms with E-state index in [0.717, 1.165) is 68.4 Å². The van der Waals surface area contributed by atoms with E-state index in [1.54, 1.807) is 0 Å². The van der Waals surface area contributed by atoms with E-state index in [2.05, 4.69) is 51.5 Å². The third kappa shape index (κ3) is 6.70. The lowest BCUT2D eigenvalue weighted by atomic mass is 9.91. The number of fused-ring (bicyclic) bond motifs is 1. The first-order valence-electron chi connectivity index (χ1n) is 13.2. The summed E-state index contributed by atoms with van der Waals surface area (Å²) in [4.78, 5) is 22.9. The number of hydrogen-bond acceptors (Lipinski definition) is 10. The molecule has 0 saturated carbocycles. The van der Waals surface area contributed by atoms with Crippen LogP contribution in [-0.2, 0) is 16.0 Å². The predicted molar refractivity (Wildman–Crippen MR) is 147 cm³/mol. The summed E-state index contributed by atoms with van der Waals surface area (Å²) in [6, 6.07) is 3.80. The van der Waals surface area contributed by atoms with Crippen molar-refractivity contribution in [2.45, 2.75) is 57.7 Å². The third-order valence-electron chi connectivity index (χ3n) is 7.10. The summed E-state index contributed by atoms with van der Waals surface area (Å²) in [7, 11) is 0. The number of carbonyl (C=O) groups is 1. The summed E-state index contributed by atoms with van der Waals surface area (Å²) < 4.78 is 5.03. The molecule has 6 N–H and O–H groups in total. The molecule has 0 aromatic carbocycles. The molecule has 3 aliphatic rings. The molecule has 1 unspecified atom stereocenters. The summed E-state index contributed by atoms with van der Waals surface area (Å²) in [5.74, 6) is 2.06. The van der Waals surface area contributed by atoms with Crippen LogP contribution in [0.5, 0.6) is 0 Å². The van der Waals surface area contributed by atoms with Gasteiger partial charge in [-0.05, 0) is 57.7 Å². The molecular weight excluding hydrogens is 486 g/mol. The number of aliphatic hydroxyl groups is 1. The number of aryl methyl sites for hydroxylation is 1. The van der Waals surface area contributed by atoms with Crippen molar-refractivity contribution in [3.63, 3.8) is 0 Å². The van der Waals surface area contributed by atoms with E-state index in [1.807, 2.05) is 13.8 Å². The van der Waals surface area contributed by atoms with Crippen LogP contribution in [0.2, 0.25) is 0 Å². The number of carboxylic acids is 1. The van der Waals surface area contributed by atoms with Crippen molar-refractivity contribution in [1.82, 2.24) is 25.8 Å². The average molecular weight is 526 g/mol. The van der Waals surface area contributed by atoms with Crippen LogP contribution in [0.15, 0.2) is 53.3 Å². The molecule has 4 heterocycles. The summed E-state index contributed by atoms with van der Waals surface area (Å²) in [5, 5.41) is 31.8. The molecule has 0 amide bonds. The van der Waals surface area contributed by atoms with Gasteiger partial charge in [-0.3, -0.25) is 0 Å². The first kappa shape index (κ1) is 27.2. The molecule has 1 aromatic heterocycles. The highest BCUT2D eigenvalue weighted by Gasteiger charge is 2.28. The highest BCUT2D eigenvalue weighted by atomic mass is 16.5. The number of hydrogen-bond donors (Lipinski definition) is 6. The van der Waals surface area contributed by atoms with Gasteiger partial charge in [0, 0.05) is 43.4 Å². The van der Waals surface area contributed by atoms with Crippen molar-refractivity contribution in [3.8, 4) is 0 Å². The van der Waals surface area contributed by atoms with Gasteiger partial charge in [0.1, 0.15) is 35.4 Å². The minimum Gasteiger partial charge on any atom is -0.511 e. The minimum absolute atomic E-state index is 0.0411. The Morgan fingerprint density at radius 1 is 1.29 bits per heavy atom.